The van der Waals surface area contributed by atoms with E-state index < -0.39 is 17.8 Å². The molecular formula is C10H11ClFNO3. The number of rotatable bonds is 4. The topological polar surface area (TPSA) is 83.6 Å². The molecule has 0 aliphatic carbocycles. The van der Waals surface area contributed by atoms with Crippen LogP contribution in [0.25, 0.3) is 0 Å². The highest BCUT2D eigenvalue weighted by Gasteiger charge is 2.15. The van der Waals surface area contributed by atoms with Crippen LogP contribution in [0.2, 0.25) is 5.02 Å². The molecule has 1 aromatic rings. The van der Waals surface area contributed by atoms with Gasteiger partial charge in [-0.25, -0.2) is 4.39 Å². The Kier molecular flexibility index (Phi) is 4.09. The molecule has 0 bridgehead atoms. The highest BCUT2D eigenvalue weighted by atomic mass is 35.5. The zero-order valence-corrected chi connectivity index (χ0v) is 9.04. The van der Waals surface area contributed by atoms with Crippen LogP contribution in [0.3, 0.4) is 0 Å². The van der Waals surface area contributed by atoms with E-state index in [2.05, 4.69) is 0 Å². The molecule has 4 nitrogen and oxygen atoms in total. The Hall–Kier alpha value is -1.33. The fourth-order valence-corrected chi connectivity index (χ4v) is 1.44. The third kappa shape index (κ3) is 3.08. The number of carboxylic acid groups (broad SMARTS) is 1. The van der Waals surface area contributed by atoms with Crippen molar-refractivity contribution >= 4 is 17.6 Å². The minimum absolute atomic E-state index is 0.0119. The lowest BCUT2D eigenvalue weighted by Gasteiger charge is -2.12. The summed E-state index contributed by atoms with van der Waals surface area (Å²) in [5.41, 5.74) is 5.72. The Morgan fingerprint density at radius 1 is 1.56 bits per heavy atom. The van der Waals surface area contributed by atoms with E-state index in [-0.39, 0.29) is 29.2 Å². The summed E-state index contributed by atoms with van der Waals surface area (Å²) >= 11 is 5.60. The van der Waals surface area contributed by atoms with Crippen LogP contribution in [0.15, 0.2) is 12.1 Å². The number of hydrogen-bond acceptors (Lipinski definition) is 3. The maximum Gasteiger partial charge on any atom is 0.303 e. The number of carboxylic acids is 1. The van der Waals surface area contributed by atoms with E-state index in [1.54, 1.807) is 0 Å². The molecule has 88 valence electrons. The molecule has 0 aromatic heterocycles. The van der Waals surface area contributed by atoms with Gasteiger partial charge in [-0.1, -0.05) is 11.6 Å². The second-order valence-electron chi connectivity index (χ2n) is 3.36. The predicted molar refractivity (Wildman–Crippen MR) is 56.9 cm³/mol. The average Bonchev–Trinajstić information content (AvgIpc) is 2.20. The first-order valence-corrected chi connectivity index (χ1v) is 4.95. The molecule has 16 heavy (non-hydrogen) atoms. The normalized spacial score (nSPS) is 12.4. The fraction of sp³-hybridized carbons (Fsp3) is 0.300. The Balaban J connectivity index is 2.86. The molecule has 1 rings (SSSR count). The Morgan fingerprint density at radius 3 is 2.75 bits per heavy atom. The van der Waals surface area contributed by atoms with E-state index in [1.165, 1.54) is 6.07 Å². The van der Waals surface area contributed by atoms with Crippen molar-refractivity contribution in [3.63, 3.8) is 0 Å². The van der Waals surface area contributed by atoms with Gasteiger partial charge in [0.2, 0.25) is 0 Å². The average molecular weight is 248 g/mol. The van der Waals surface area contributed by atoms with E-state index in [0.717, 1.165) is 6.07 Å². The zero-order valence-electron chi connectivity index (χ0n) is 8.28. The van der Waals surface area contributed by atoms with Gasteiger partial charge in [0.15, 0.2) is 0 Å². The van der Waals surface area contributed by atoms with Gasteiger partial charge in [-0.05, 0) is 12.5 Å². The number of hydrogen-bond donors (Lipinski definition) is 3. The molecule has 0 aliphatic rings. The summed E-state index contributed by atoms with van der Waals surface area (Å²) in [6, 6.07) is 1.31. The first-order chi connectivity index (χ1) is 7.41. The highest BCUT2D eigenvalue weighted by molar-refractivity contribution is 6.32. The fourth-order valence-electron chi connectivity index (χ4n) is 1.27. The van der Waals surface area contributed by atoms with Gasteiger partial charge in [-0.3, -0.25) is 4.79 Å². The number of nitrogens with two attached hydrogens (primary N) is 1. The molecule has 0 spiro atoms. The maximum absolute atomic E-state index is 13.4. The molecule has 0 saturated carbocycles. The van der Waals surface area contributed by atoms with Gasteiger partial charge in [0.05, 0.1) is 5.02 Å². The smallest absolute Gasteiger partial charge is 0.303 e. The van der Waals surface area contributed by atoms with Crippen molar-refractivity contribution in [1.82, 2.24) is 0 Å². The molecule has 1 aromatic carbocycles. The number of halogens is 2. The summed E-state index contributed by atoms with van der Waals surface area (Å²) < 4.78 is 13.4. The van der Waals surface area contributed by atoms with E-state index in [4.69, 9.17) is 27.5 Å². The summed E-state index contributed by atoms with van der Waals surface area (Å²) in [6.07, 6.45) is -0.0491. The number of aromatic hydroxyl groups is 1. The number of benzene rings is 1. The largest absolute Gasteiger partial charge is 0.506 e. The van der Waals surface area contributed by atoms with Crippen LogP contribution in [0.5, 0.6) is 5.75 Å². The van der Waals surface area contributed by atoms with Crippen molar-refractivity contribution in [1.29, 1.82) is 0 Å². The van der Waals surface area contributed by atoms with Crippen LogP contribution < -0.4 is 5.73 Å². The highest BCUT2D eigenvalue weighted by Crippen LogP contribution is 2.29. The Labute approximate surface area is 96.4 Å². The van der Waals surface area contributed by atoms with Gasteiger partial charge in [0.25, 0.3) is 0 Å². The third-order valence-corrected chi connectivity index (χ3v) is 2.44. The number of carbonyl (C=O) groups is 1. The summed E-state index contributed by atoms with van der Waals surface area (Å²) in [7, 11) is 0. The molecule has 1 atom stereocenters. The summed E-state index contributed by atoms with van der Waals surface area (Å²) in [5.74, 6) is -2.06. The van der Waals surface area contributed by atoms with Crippen molar-refractivity contribution in [3.8, 4) is 5.75 Å². The standard InChI is InChI=1S/C10H11ClFNO3/c11-6-3-5(7(12)4-9(6)14)8(13)1-2-10(15)16/h3-4,8,14H,1-2,13H2,(H,15,16). The van der Waals surface area contributed by atoms with Crippen molar-refractivity contribution in [2.75, 3.05) is 0 Å². The van der Waals surface area contributed by atoms with Gasteiger partial charge in [-0.2, -0.15) is 0 Å². The van der Waals surface area contributed by atoms with Crippen LogP contribution in [-0.2, 0) is 4.79 Å². The molecule has 0 saturated heterocycles. The monoisotopic (exact) mass is 247 g/mol. The molecule has 0 heterocycles. The molecule has 0 amide bonds. The van der Waals surface area contributed by atoms with Crippen LogP contribution >= 0.6 is 11.6 Å². The maximum atomic E-state index is 13.4. The Morgan fingerprint density at radius 2 is 2.19 bits per heavy atom. The second kappa shape index (κ2) is 5.14. The predicted octanol–water partition coefficient (Wildman–Crippen LogP) is 2.05. The minimum atomic E-state index is -0.999. The molecule has 1 unspecified atom stereocenters. The molecule has 0 radical (unpaired) electrons. The van der Waals surface area contributed by atoms with E-state index >= 15 is 0 Å². The summed E-state index contributed by atoms with van der Waals surface area (Å²) in [4.78, 5) is 10.3. The summed E-state index contributed by atoms with van der Waals surface area (Å²) in [6.45, 7) is 0. The van der Waals surface area contributed by atoms with Crippen LogP contribution in [0.1, 0.15) is 24.4 Å². The van der Waals surface area contributed by atoms with Gasteiger partial charge in [0, 0.05) is 24.1 Å². The number of phenols is 1. The lowest BCUT2D eigenvalue weighted by molar-refractivity contribution is -0.137. The molecular weight excluding hydrogens is 237 g/mol. The van der Waals surface area contributed by atoms with Crippen LogP contribution in [0, 0.1) is 5.82 Å². The van der Waals surface area contributed by atoms with E-state index in [1.807, 2.05) is 0 Å². The number of phenolic OH excluding ortho intramolecular Hbond substituents is 1. The first-order valence-electron chi connectivity index (χ1n) is 4.57. The number of aliphatic carboxylic acids is 1. The lowest BCUT2D eigenvalue weighted by atomic mass is 10.0. The van der Waals surface area contributed by atoms with Crippen molar-refractivity contribution < 1.29 is 19.4 Å². The third-order valence-electron chi connectivity index (χ3n) is 2.13. The van der Waals surface area contributed by atoms with Gasteiger partial charge >= 0.3 is 5.97 Å². The summed E-state index contributed by atoms with van der Waals surface area (Å²) in [5, 5.41) is 17.6. The lowest BCUT2D eigenvalue weighted by Crippen LogP contribution is -2.14. The first kappa shape index (κ1) is 12.7. The zero-order chi connectivity index (χ0) is 12.3. The second-order valence-corrected chi connectivity index (χ2v) is 3.77. The van der Waals surface area contributed by atoms with Crippen LogP contribution in [0.4, 0.5) is 4.39 Å². The minimum Gasteiger partial charge on any atom is -0.506 e. The van der Waals surface area contributed by atoms with Gasteiger partial charge in [0.1, 0.15) is 11.6 Å². The van der Waals surface area contributed by atoms with Gasteiger partial charge in [-0.15, -0.1) is 0 Å². The Bertz CT molecular complexity index is 411. The molecule has 0 aliphatic heterocycles. The van der Waals surface area contributed by atoms with Crippen molar-refractivity contribution in [3.05, 3.63) is 28.5 Å². The van der Waals surface area contributed by atoms with Crippen LogP contribution in [-0.4, -0.2) is 16.2 Å². The molecule has 6 heteroatoms. The van der Waals surface area contributed by atoms with Crippen molar-refractivity contribution in [2.45, 2.75) is 18.9 Å². The van der Waals surface area contributed by atoms with Gasteiger partial charge < -0.3 is 15.9 Å². The quantitative estimate of drug-likeness (QED) is 0.760. The van der Waals surface area contributed by atoms with Crippen molar-refractivity contribution in [2.24, 2.45) is 5.73 Å². The SMILES string of the molecule is NC(CCC(=O)O)c1cc(Cl)c(O)cc1F. The van der Waals surface area contributed by atoms with E-state index in [0.29, 0.717) is 0 Å². The van der Waals surface area contributed by atoms with E-state index in [9.17, 15) is 9.18 Å². The molecule has 0 fully saturated rings. The molecule has 4 N–H and O–H groups in total.